The summed E-state index contributed by atoms with van der Waals surface area (Å²) in [7, 11) is 0. The quantitative estimate of drug-likeness (QED) is 0.300. The molecule has 0 unspecified atom stereocenters. The van der Waals surface area contributed by atoms with Crippen LogP contribution in [-0.2, 0) is 0 Å². The van der Waals surface area contributed by atoms with Crippen molar-refractivity contribution in [1.29, 1.82) is 0 Å². The van der Waals surface area contributed by atoms with Crippen LogP contribution < -0.4 is 10.6 Å². The Hall–Kier alpha value is -3.20. The summed E-state index contributed by atoms with van der Waals surface area (Å²) in [5.41, 5.74) is 5.13. The fourth-order valence-corrected chi connectivity index (χ4v) is 4.31. The predicted molar refractivity (Wildman–Crippen MR) is 134 cm³/mol. The van der Waals surface area contributed by atoms with Gasteiger partial charge in [0.25, 0.3) is 0 Å². The van der Waals surface area contributed by atoms with E-state index in [1.807, 2.05) is 0 Å². The summed E-state index contributed by atoms with van der Waals surface area (Å²) in [6, 6.07) is 43.5. The number of nitrogens with one attached hydrogen (secondary N) is 2. The van der Waals surface area contributed by atoms with E-state index in [0.29, 0.717) is 0 Å². The zero-order valence-corrected chi connectivity index (χ0v) is 18.9. The third-order valence-corrected chi connectivity index (χ3v) is 6.11. The van der Waals surface area contributed by atoms with Crippen molar-refractivity contribution in [3.05, 3.63) is 144 Å². The molecule has 0 spiro atoms. The molecule has 0 fully saturated rings. The van der Waals surface area contributed by atoms with Crippen LogP contribution in [0.1, 0.15) is 60.3 Å². The van der Waals surface area contributed by atoms with Gasteiger partial charge in [-0.05, 0) is 36.1 Å². The second-order valence-corrected chi connectivity index (χ2v) is 8.37. The lowest BCUT2D eigenvalue weighted by Crippen LogP contribution is -2.37. The van der Waals surface area contributed by atoms with Crippen LogP contribution in [0.5, 0.6) is 0 Å². The van der Waals surface area contributed by atoms with Gasteiger partial charge in [0.2, 0.25) is 0 Å². The Labute approximate surface area is 192 Å². The van der Waals surface area contributed by atoms with Crippen molar-refractivity contribution in [3.63, 3.8) is 0 Å². The van der Waals surface area contributed by atoms with Gasteiger partial charge < -0.3 is 10.6 Å². The fourth-order valence-electron chi connectivity index (χ4n) is 4.31. The normalized spacial score (nSPS) is 14.9. The van der Waals surface area contributed by atoms with E-state index in [4.69, 9.17) is 0 Å². The molecule has 0 amide bonds. The van der Waals surface area contributed by atoms with E-state index in [-0.39, 0.29) is 24.2 Å². The number of hydrogen-bond donors (Lipinski definition) is 2. The molecule has 0 saturated carbocycles. The molecule has 4 aromatic carbocycles. The van der Waals surface area contributed by atoms with Crippen molar-refractivity contribution >= 4 is 0 Å². The SMILES string of the molecule is C[C@H](N[C@H](c1ccccc1)[C@@H](N[C@@H](C)c1ccccc1)c1ccccc1)c1ccccc1. The molecule has 2 heteroatoms. The maximum Gasteiger partial charge on any atom is 0.0523 e. The van der Waals surface area contributed by atoms with Gasteiger partial charge in [-0.1, -0.05) is 121 Å². The van der Waals surface area contributed by atoms with Crippen molar-refractivity contribution < 1.29 is 0 Å². The average Bonchev–Trinajstić information content (AvgIpc) is 2.88. The molecule has 0 aliphatic rings. The van der Waals surface area contributed by atoms with Crippen LogP contribution >= 0.6 is 0 Å². The Morgan fingerprint density at radius 2 is 0.625 bits per heavy atom. The Balaban J connectivity index is 1.70. The molecule has 0 aromatic heterocycles. The summed E-state index contributed by atoms with van der Waals surface area (Å²) in [4.78, 5) is 0. The first-order chi connectivity index (χ1) is 15.7. The van der Waals surface area contributed by atoms with Gasteiger partial charge in [-0.25, -0.2) is 0 Å². The van der Waals surface area contributed by atoms with E-state index in [2.05, 4.69) is 146 Å². The van der Waals surface area contributed by atoms with Crippen LogP contribution in [0, 0.1) is 0 Å². The number of rotatable bonds is 9. The molecule has 32 heavy (non-hydrogen) atoms. The number of benzene rings is 4. The summed E-state index contributed by atoms with van der Waals surface area (Å²) < 4.78 is 0. The van der Waals surface area contributed by atoms with Crippen molar-refractivity contribution in [2.24, 2.45) is 0 Å². The second-order valence-electron chi connectivity index (χ2n) is 8.37. The van der Waals surface area contributed by atoms with Crippen molar-refractivity contribution in [1.82, 2.24) is 10.6 Å². The van der Waals surface area contributed by atoms with E-state index in [1.165, 1.54) is 22.3 Å². The van der Waals surface area contributed by atoms with Gasteiger partial charge in [0.15, 0.2) is 0 Å². The Morgan fingerprint density at radius 1 is 0.375 bits per heavy atom. The molecule has 0 heterocycles. The van der Waals surface area contributed by atoms with E-state index in [0.717, 1.165) is 0 Å². The van der Waals surface area contributed by atoms with Gasteiger partial charge in [-0.3, -0.25) is 0 Å². The molecule has 0 radical (unpaired) electrons. The van der Waals surface area contributed by atoms with Crippen LogP contribution in [0.2, 0.25) is 0 Å². The van der Waals surface area contributed by atoms with Crippen molar-refractivity contribution in [3.8, 4) is 0 Å². The van der Waals surface area contributed by atoms with E-state index in [9.17, 15) is 0 Å². The minimum Gasteiger partial charge on any atom is -0.302 e. The molecule has 0 saturated heterocycles. The summed E-state index contributed by atoms with van der Waals surface area (Å²) in [6.45, 7) is 4.49. The molecular weight excluding hydrogens is 388 g/mol. The lowest BCUT2D eigenvalue weighted by atomic mass is 9.90. The molecule has 4 atom stereocenters. The Kier molecular flexibility index (Phi) is 7.50. The first-order valence-electron chi connectivity index (χ1n) is 11.4. The van der Waals surface area contributed by atoms with Gasteiger partial charge in [0.05, 0.1) is 12.1 Å². The lowest BCUT2D eigenvalue weighted by molar-refractivity contribution is 0.333. The van der Waals surface area contributed by atoms with Crippen LogP contribution in [0.15, 0.2) is 121 Å². The van der Waals surface area contributed by atoms with E-state index < -0.39 is 0 Å². The molecular formula is C30H32N2. The van der Waals surface area contributed by atoms with Crippen LogP contribution in [0.3, 0.4) is 0 Å². The zero-order valence-electron chi connectivity index (χ0n) is 18.9. The molecule has 2 N–H and O–H groups in total. The molecule has 2 nitrogen and oxygen atoms in total. The van der Waals surface area contributed by atoms with Crippen molar-refractivity contribution in [2.45, 2.75) is 38.0 Å². The van der Waals surface area contributed by atoms with Crippen molar-refractivity contribution in [2.75, 3.05) is 0 Å². The highest BCUT2D eigenvalue weighted by atomic mass is 15.1. The topological polar surface area (TPSA) is 24.1 Å². The van der Waals surface area contributed by atoms with E-state index >= 15 is 0 Å². The number of hydrogen-bond acceptors (Lipinski definition) is 2. The van der Waals surface area contributed by atoms with E-state index in [1.54, 1.807) is 0 Å². The molecule has 0 aliphatic carbocycles. The third kappa shape index (κ3) is 5.53. The van der Waals surface area contributed by atoms with Crippen LogP contribution in [0.4, 0.5) is 0 Å². The third-order valence-electron chi connectivity index (χ3n) is 6.11. The summed E-state index contributed by atoms with van der Waals surface area (Å²) in [5.74, 6) is 0. The smallest absolute Gasteiger partial charge is 0.0523 e. The predicted octanol–water partition coefficient (Wildman–Crippen LogP) is 7.17. The highest BCUT2D eigenvalue weighted by Crippen LogP contribution is 2.33. The van der Waals surface area contributed by atoms with Gasteiger partial charge in [-0.2, -0.15) is 0 Å². The second kappa shape index (κ2) is 10.9. The molecule has 0 aliphatic heterocycles. The highest BCUT2D eigenvalue weighted by Gasteiger charge is 2.28. The molecule has 4 aromatic rings. The Morgan fingerprint density at radius 3 is 0.906 bits per heavy atom. The molecule has 162 valence electrons. The highest BCUT2D eigenvalue weighted by molar-refractivity contribution is 5.30. The van der Waals surface area contributed by atoms with Crippen LogP contribution in [0.25, 0.3) is 0 Å². The van der Waals surface area contributed by atoms with Crippen LogP contribution in [-0.4, -0.2) is 0 Å². The maximum absolute atomic E-state index is 3.94. The summed E-state index contributed by atoms with van der Waals surface area (Å²) >= 11 is 0. The monoisotopic (exact) mass is 420 g/mol. The summed E-state index contributed by atoms with van der Waals surface area (Å²) in [5, 5.41) is 7.88. The largest absolute Gasteiger partial charge is 0.302 e. The standard InChI is InChI=1S/C30H32N2/c1-23(25-15-7-3-8-16-25)31-29(27-19-11-5-12-20-27)30(28-21-13-6-14-22-28)32-24(2)26-17-9-4-10-18-26/h3-24,29-32H,1-2H3/t23-,24-,29-,30+/m0/s1. The first kappa shape index (κ1) is 22.0. The molecule has 0 bridgehead atoms. The lowest BCUT2D eigenvalue weighted by Gasteiger charge is -2.34. The van der Waals surface area contributed by atoms with Gasteiger partial charge in [0, 0.05) is 12.1 Å². The van der Waals surface area contributed by atoms with Gasteiger partial charge >= 0.3 is 0 Å². The Bertz CT molecular complexity index is 960. The summed E-state index contributed by atoms with van der Waals surface area (Å²) in [6.07, 6.45) is 0. The first-order valence-corrected chi connectivity index (χ1v) is 11.4. The minimum atomic E-state index is 0.0972. The van der Waals surface area contributed by atoms with Gasteiger partial charge in [-0.15, -0.1) is 0 Å². The van der Waals surface area contributed by atoms with Gasteiger partial charge in [0.1, 0.15) is 0 Å². The average molecular weight is 421 g/mol. The minimum absolute atomic E-state index is 0.0972. The molecule has 4 rings (SSSR count). The maximum atomic E-state index is 3.94. The zero-order chi connectivity index (χ0) is 22.2. The fraction of sp³-hybridized carbons (Fsp3) is 0.200.